The number of aromatic nitrogens is 1. The highest BCUT2D eigenvalue weighted by Gasteiger charge is 2.46. The lowest BCUT2D eigenvalue weighted by molar-refractivity contribution is -0.166. The van der Waals surface area contributed by atoms with E-state index in [9.17, 15) is 9.59 Å². The minimum Gasteiger partial charge on any atom is -0.361 e. The maximum atomic E-state index is 13.3. The van der Waals surface area contributed by atoms with Crippen LogP contribution in [0, 0.1) is 0 Å². The highest BCUT2D eigenvalue weighted by Crippen LogP contribution is 2.29. The fraction of sp³-hybridized carbons (Fsp3) is 0.458. The first kappa shape index (κ1) is 20.5. The molecule has 2 fully saturated rings. The van der Waals surface area contributed by atoms with E-state index in [2.05, 4.69) is 22.4 Å². The molecule has 2 aliphatic rings. The van der Waals surface area contributed by atoms with Crippen molar-refractivity contribution in [3.05, 3.63) is 54.4 Å². The molecule has 30 heavy (non-hydrogen) atoms. The van der Waals surface area contributed by atoms with E-state index in [-0.39, 0.29) is 17.9 Å². The molecule has 2 heterocycles. The Balaban J connectivity index is 1.60. The molecule has 0 radical (unpaired) electrons. The van der Waals surface area contributed by atoms with Crippen molar-refractivity contribution in [2.75, 3.05) is 19.7 Å². The molecule has 1 aromatic carbocycles. The maximum Gasteiger partial charge on any atom is 0.254 e. The van der Waals surface area contributed by atoms with E-state index in [1.807, 2.05) is 31.2 Å². The topological polar surface area (TPSA) is 71.5 Å². The first-order valence-corrected chi connectivity index (χ1v) is 10.8. The van der Waals surface area contributed by atoms with Gasteiger partial charge in [-0.15, -0.1) is 0 Å². The fourth-order valence-corrected chi connectivity index (χ4v) is 3.97. The van der Waals surface area contributed by atoms with Crippen LogP contribution in [0.1, 0.15) is 38.2 Å². The second-order valence-electron chi connectivity index (χ2n) is 8.27. The molecule has 1 saturated carbocycles. The van der Waals surface area contributed by atoms with Crippen LogP contribution in [0.4, 0.5) is 0 Å². The number of ether oxygens (including phenoxy) is 1. The minimum absolute atomic E-state index is 0.0925. The first-order valence-electron chi connectivity index (χ1n) is 10.8. The normalized spacial score (nSPS) is 21.3. The van der Waals surface area contributed by atoms with E-state index in [0.717, 1.165) is 36.0 Å². The second kappa shape index (κ2) is 8.96. The van der Waals surface area contributed by atoms with Crippen LogP contribution in [0.2, 0.25) is 0 Å². The van der Waals surface area contributed by atoms with E-state index in [0.29, 0.717) is 32.5 Å². The number of pyridine rings is 1. The lowest BCUT2D eigenvalue weighted by Gasteiger charge is -2.42. The van der Waals surface area contributed by atoms with Crippen molar-refractivity contribution < 1.29 is 14.3 Å². The number of amides is 2. The smallest absolute Gasteiger partial charge is 0.254 e. The van der Waals surface area contributed by atoms with Crippen molar-refractivity contribution >= 4 is 11.8 Å². The molecular weight excluding hydrogens is 378 g/mol. The number of rotatable bonds is 7. The largest absolute Gasteiger partial charge is 0.361 e. The monoisotopic (exact) mass is 407 g/mol. The summed E-state index contributed by atoms with van der Waals surface area (Å²) in [5, 5.41) is 3.11. The van der Waals surface area contributed by atoms with E-state index in [4.69, 9.17) is 4.74 Å². The molecule has 0 spiro atoms. The quantitative estimate of drug-likeness (QED) is 0.766. The highest BCUT2D eigenvalue weighted by atomic mass is 16.5. The summed E-state index contributed by atoms with van der Waals surface area (Å²) in [6.45, 7) is 3.20. The molecule has 4 rings (SSSR count). The molecule has 6 heteroatoms. The number of carbonyl (C=O) groups is 2. The van der Waals surface area contributed by atoms with Crippen LogP contribution in [0.3, 0.4) is 0 Å². The van der Waals surface area contributed by atoms with Gasteiger partial charge >= 0.3 is 0 Å². The Hall–Kier alpha value is -2.73. The Bertz CT molecular complexity index is 898. The third-order valence-electron chi connectivity index (χ3n) is 5.76. The van der Waals surface area contributed by atoms with E-state index >= 15 is 0 Å². The van der Waals surface area contributed by atoms with E-state index < -0.39 is 5.60 Å². The Labute approximate surface area is 177 Å². The number of benzene rings is 1. The van der Waals surface area contributed by atoms with Gasteiger partial charge in [0.2, 0.25) is 5.91 Å². The van der Waals surface area contributed by atoms with Crippen LogP contribution in [-0.4, -0.2) is 53.0 Å². The third kappa shape index (κ3) is 4.70. The fourth-order valence-electron chi connectivity index (χ4n) is 3.97. The molecule has 0 bridgehead atoms. The zero-order chi connectivity index (χ0) is 21.0. The molecule has 1 aliphatic heterocycles. The van der Waals surface area contributed by atoms with Gasteiger partial charge in [0.05, 0.1) is 13.2 Å². The molecule has 1 N–H and O–H groups in total. The van der Waals surface area contributed by atoms with Crippen molar-refractivity contribution in [1.82, 2.24) is 15.2 Å². The number of carbonyl (C=O) groups excluding carboxylic acids is 2. The molecule has 6 nitrogen and oxygen atoms in total. The predicted octanol–water partition coefficient (Wildman–Crippen LogP) is 2.97. The Morgan fingerprint density at radius 3 is 2.73 bits per heavy atom. The van der Waals surface area contributed by atoms with Crippen molar-refractivity contribution in [3.8, 4) is 11.1 Å². The highest BCUT2D eigenvalue weighted by molar-refractivity contribution is 5.88. The summed E-state index contributed by atoms with van der Waals surface area (Å²) < 4.78 is 6.15. The predicted molar refractivity (Wildman–Crippen MR) is 115 cm³/mol. The molecule has 2 aromatic rings. The van der Waals surface area contributed by atoms with Gasteiger partial charge in [-0.25, -0.2) is 0 Å². The van der Waals surface area contributed by atoms with Gasteiger partial charge in [-0.1, -0.05) is 31.2 Å². The minimum atomic E-state index is -1.05. The van der Waals surface area contributed by atoms with Crippen LogP contribution in [0.25, 0.3) is 11.1 Å². The van der Waals surface area contributed by atoms with Crippen LogP contribution in [-0.2, 0) is 20.7 Å². The Kier molecular flexibility index (Phi) is 6.13. The standard InChI is InChI=1S/C24H29N3O3/c1-2-4-22(28)27-13-14-30-24(17-27,23(29)26-21-7-8-21)16-18-5-3-6-20(15-18)19-9-11-25-12-10-19/h3,5-6,9-12,15,21H,2,4,7-8,13-14,16-17H2,1H3,(H,26,29)/t24-/m1/s1. The average Bonchev–Trinajstić information content (AvgIpc) is 3.59. The molecule has 158 valence electrons. The molecule has 2 amide bonds. The molecule has 1 aromatic heterocycles. The average molecular weight is 408 g/mol. The van der Waals surface area contributed by atoms with Crippen molar-refractivity contribution in [1.29, 1.82) is 0 Å². The van der Waals surface area contributed by atoms with Crippen molar-refractivity contribution in [3.63, 3.8) is 0 Å². The van der Waals surface area contributed by atoms with E-state index in [1.54, 1.807) is 17.3 Å². The summed E-state index contributed by atoms with van der Waals surface area (Å²) in [5.41, 5.74) is 2.11. The van der Waals surface area contributed by atoms with Gasteiger partial charge in [0, 0.05) is 37.8 Å². The first-order chi connectivity index (χ1) is 14.6. The zero-order valence-electron chi connectivity index (χ0n) is 17.5. The van der Waals surface area contributed by atoms with E-state index in [1.165, 1.54) is 0 Å². The number of hydrogen-bond donors (Lipinski definition) is 1. The maximum absolute atomic E-state index is 13.3. The molecule has 1 atom stereocenters. The summed E-state index contributed by atoms with van der Waals surface area (Å²) in [5.74, 6) is -0.0109. The van der Waals surface area contributed by atoms with Gasteiger partial charge in [0.25, 0.3) is 5.91 Å². The summed E-state index contributed by atoms with van der Waals surface area (Å²) in [7, 11) is 0. The zero-order valence-corrected chi connectivity index (χ0v) is 17.5. The second-order valence-corrected chi connectivity index (χ2v) is 8.27. The van der Waals surface area contributed by atoms with Gasteiger partial charge in [-0.05, 0) is 48.1 Å². The van der Waals surface area contributed by atoms with Gasteiger partial charge < -0.3 is 15.0 Å². The number of nitrogens with one attached hydrogen (secondary N) is 1. The Morgan fingerprint density at radius 1 is 1.20 bits per heavy atom. The lowest BCUT2D eigenvalue weighted by atomic mass is 9.89. The van der Waals surface area contributed by atoms with Crippen molar-refractivity contribution in [2.24, 2.45) is 0 Å². The molecular formula is C24H29N3O3. The van der Waals surface area contributed by atoms with Crippen LogP contribution in [0.15, 0.2) is 48.8 Å². The number of morpholine rings is 1. The lowest BCUT2D eigenvalue weighted by Crippen LogP contribution is -2.62. The molecule has 0 unspecified atom stereocenters. The van der Waals surface area contributed by atoms with Crippen LogP contribution >= 0.6 is 0 Å². The Morgan fingerprint density at radius 2 is 2.00 bits per heavy atom. The van der Waals surface area contributed by atoms with Crippen molar-refractivity contribution in [2.45, 2.75) is 50.7 Å². The molecule has 1 aliphatic carbocycles. The van der Waals surface area contributed by atoms with Crippen LogP contribution < -0.4 is 5.32 Å². The summed E-state index contributed by atoms with van der Waals surface area (Å²) >= 11 is 0. The van der Waals surface area contributed by atoms with Crippen LogP contribution in [0.5, 0.6) is 0 Å². The SMILES string of the molecule is CCCC(=O)N1CCO[C@@](Cc2cccc(-c3ccncc3)c2)(C(=O)NC2CC2)C1. The van der Waals surface area contributed by atoms with Gasteiger partial charge in [-0.2, -0.15) is 0 Å². The third-order valence-corrected chi connectivity index (χ3v) is 5.76. The number of nitrogens with zero attached hydrogens (tertiary/aromatic N) is 2. The summed E-state index contributed by atoms with van der Waals surface area (Å²) in [6.07, 6.45) is 7.29. The number of hydrogen-bond acceptors (Lipinski definition) is 4. The molecule has 1 saturated heterocycles. The summed E-state index contributed by atoms with van der Waals surface area (Å²) in [6, 6.07) is 12.3. The van der Waals surface area contributed by atoms with Gasteiger partial charge in [-0.3, -0.25) is 14.6 Å². The van der Waals surface area contributed by atoms with Gasteiger partial charge in [0.1, 0.15) is 0 Å². The summed E-state index contributed by atoms with van der Waals surface area (Å²) in [4.78, 5) is 31.7. The van der Waals surface area contributed by atoms with Gasteiger partial charge in [0.15, 0.2) is 5.60 Å².